The van der Waals surface area contributed by atoms with E-state index < -0.39 is 0 Å². The first kappa shape index (κ1) is 16.7. The van der Waals surface area contributed by atoms with Crippen molar-refractivity contribution in [1.29, 1.82) is 0 Å². The van der Waals surface area contributed by atoms with Crippen LogP contribution in [-0.2, 0) is 9.59 Å². The van der Waals surface area contributed by atoms with Gasteiger partial charge in [0.15, 0.2) is 0 Å². The molecule has 0 aromatic rings. The van der Waals surface area contributed by atoms with Crippen molar-refractivity contribution in [3.8, 4) is 0 Å². The highest BCUT2D eigenvalue weighted by molar-refractivity contribution is 5.81. The van der Waals surface area contributed by atoms with Crippen LogP contribution in [0.2, 0.25) is 0 Å². The lowest BCUT2D eigenvalue weighted by Crippen LogP contribution is -2.36. The van der Waals surface area contributed by atoms with Crippen LogP contribution in [0.25, 0.3) is 0 Å². The summed E-state index contributed by atoms with van der Waals surface area (Å²) >= 11 is 0. The first-order chi connectivity index (χ1) is 9.39. The molecule has 0 aromatic heterocycles. The van der Waals surface area contributed by atoms with Crippen LogP contribution in [0.15, 0.2) is 11.6 Å². The van der Waals surface area contributed by atoms with Gasteiger partial charge in [0, 0.05) is 31.5 Å². The number of carbonyl (C=O) groups excluding carboxylic acids is 2. The molecule has 2 amide bonds. The molecule has 0 saturated carbocycles. The van der Waals surface area contributed by atoms with Crippen LogP contribution in [0.3, 0.4) is 0 Å². The van der Waals surface area contributed by atoms with E-state index in [1.54, 1.807) is 0 Å². The normalized spacial score (nSPS) is 15.4. The monoisotopic (exact) mass is 281 g/mol. The van der Waals surface area contributed by atoms with Gasteiger partial charge in [-0.2, -0.15) is 0 Å². The van der Waals surface area contributed by atoms with E-state index in [-0.39, 0.29) is 17.2 Å². The second-order valence-electron chi connectivity index (χ2n) is 6.20. The summed E-state index contributed by atoms with van der Waals surface area (Å²) in [4.78, 5) is 23.3. The Kier molecular flexibility index (Phi) is 6.71. The fourth-order valence-electron chi connectivity index (χ4n) is 1.85. The summed E-state index contributed by atoms with van der Waals surface area (Å²) in [6.45, 7) is 8.71. The van der Waals surface area contributed by atoms with Crippen LogP contribution < -0.4 is 16.0 Å². The van der Waals surface area contributed by atoms with E-state index in [1.165, 1.54) is 5.57 Å². The Bertz CT molecular complexity index is 370. The third-order valence-electron chi connectivity index (χ3n) is 3.22. The van der Waals surface area contributed by atoms with Gasteiger partial charge in [0.1, 0.15) is 0 Å². The number of carbonyl (C=O) groups is 2. The average molecular weight is 281 g/mol. The van der Waals surface area contributed by atoms with Crippen LogP contribution in [0.5, 0.6) is 0 Å². The smallest absolute Gasteiger partial charge is 0.225 e. The molecule has 1 aliphatic heterocycles. The number of rotatable bonds is 6. The van der Waals surface area contributed by atoms with Gasteiger partial charge < -0.3 is 16.0 Å². The minimum Gasteiger partial charge on any atom is -0.356 e. The quantitative estimate of drug-likeness (QED) is 0.502. The summed E-state index contributed by atoms with van der Waals surface area (Å²) in [5.41, 5.74) is 0.919. The van der Waals surface area contributed by atoms with Crippen molar-refractivity contribution in [2.75, 3.05) is 26.2 Å². The maximum Gasteiger partial charge on any atom is 0.225 e. The van der Waals surface area contributed by atoms with Gasteiger partial charge in [-0.15, -0.1) is 0 Å². The zero-order valence-corrected chi connectivity index (χ0v) is 12.8. The summed E-state index contributed by atoms with van der Waals surface area (Å²) in [5, 5.41) is 9.01. The fraction of sp³-hybridized carbons (Fsp3) is 0.733. The van der Waals surface area contributed by atoms with Crippen molar-refractivity contribution in [2.45, 2.75) is 40.0 Å². The lowest BCUT2D eigenvalue weighted by molar-refractivity contribution is -0.128. The molecule has 114 valence electrons. The average Bonchev–Trinajstić information content (AvgIpc) is 2.41. The van der Waals surface area contributed by atoms with Gasteiger partial charge in [-0.25, -0.2) is 0 Å². The molecule has 0 spiro atoms. The molecule has 0 aromatic carbocycles. The summed E-state index contributed by atoms with van der Waals surface area (Å²) in [6, 6.07) is 0. The Hall–Kier alpha value is -1.36. The number of amides is 2. The van der Waals surface area contributed by atoms with Crippen molar-refractivity contribution in [3.63, 3.8) is 0 Å². The molecule has 0 saturated heterocycles. The number of hydrogen-bond donors (Lipinski definition) is 3. The molecule has 1 heterocycles. The molecule has 1 rings (SSSR count). The molecular weight excluding hydrogens is 254 g/mol. The molecule has 5 heteroatoms. The Morgan fingerprint density at radius 1 is 1.30 bits per heavy atom. The maximum absolute atomic E-state index is 11.7. The molecule has 0 aliphatic carbocycles. The van der Waals surface area contributed by atoms with E-state index in [0.29, 0.717) is 25.9 Å². The van der Waals surface area contributed by atoms with E-state index in [2.05, 4.69) is 22.0 Å². The summed E-state index contributed by atoms with van der Waals surface area (Å²) < 4.78 is 0. The largest absolute Gasteiger partial charge is 0.356 e. The molecule has 20 heavy (non-hydrogen) atoms. The second kappa shape index (κ2) is 8.04. The van der Waals surface area contributed by atoms with E-state index >= 15 is 0 Å². The van der Waals surface area contributed by atoms with Crippen molar-refractivity contribution in [2.24, 2.45) is 5.41 Å². The van der Waals surface area contributed by atoms with E-state index in [9.17, 15) is 9.59 Å². The van der Waals surface area contributed by atoms with Gasteiger partial charge in [0.2, 0.25) is 11.8 Å². The minimum atomic E-state index is -0.371. The summed E-state index contributed by atoms with van der Waals surface area (Å²) in [5.74, 6) is 0.0761. The van der Waals surface area contributed by atoms with Gasteiger partial charge in [0.25, 0.3) is 0 Å². The van der Waals surface area contributed by atoms with Crippen LogP contribution in [0.4, 0.5) is 0 Å². The highest BCUT2D eigenvalue weighted by Gasteiger charge is 2.20. The molecular formula is C15H27N3O2. The van der Waals surface area contributed by atoms with Crippen molar-refractivity contribution in [3.05, 3.63) is 11.6 Å². The highest BCUT2D eigenvalue weighted by atomic mass is 16.2. The van der Waals surface area contributed by atoms with Crippen molar-refractivity contribution in [1.82, 2.24) is 16.0 Å². The predicted molar refractivity (Wildman–Crippen MR) is 80.3 cm³/mol. The van der Waals surface area contributed by atoms with Crippen LogP contribution in [0, 0.1) is 5.41 Å². The minimum absolute atomic E-state index is 0.0257. The highest BCUT2D eigenvalue weighted by Crippen LogP contribution is 2.12. The van der Waals surface area contributed by atoms with Crippen LogP contribution in [0.1, 0.15) is 40.0 Å². The Morgan fingerprint density at radius 2 is 2.05 bits per heavy atom. The van der Waals surface area contributed by atoms with E-state index in [4.69, 9.17) is 0 Å². The Labute approximate surface area is 121 Å². The van der Waals surface area contributed by atoms with Gasteiger partial charge >= 0.3 is 0 Å². The molecule has 5 nitrogen and oxygen atoms in total. The first-order valence-electron chi connectivity index (χ1n) is 7.33. The zero-order valence-electron chi connectivity index (χ0n) is 12.8. The van der Waals surface area contributed by atoms with E-state index in [0.717, 1.165) is 19.5 Å². The fourth-order valence-corrected chi connectivity index (χ4v) is 1.85. The molecule has 0 radical (unpaired) electrons. The number of hydrogen-bond acceptors (Lipinski definition) is 3. The lowest BCUT2D eigenvalue weighted by Gasteiger charge is -2.17. The van der Waals surface area contributed by atoms with Gasteiger partial charge in [-0.1, -0.05) is 32.4 Å². The van der Waals surface area contributed by atoms with E-state index in [1.807, 2.05) is 20.8 Å². The van der Waals surface area contributed by atoms with Crippen molar-refractivity contribution >= 4 is 11.8 Å². The Morgan fingerprint density at radius 3 is 2.65 bits per heavy atom. The zero-order chi connectivity index (χ0) is 15.0. The molecule has 0 atom stereocenters. The molecule has 0 unspecified atom stereocenters. The van der Waals surface area contributed by atoms with Crippen LogP contribution in [-0.4, -0.2) is 38.0 Å². The lowest BCUT2D eigenvalue weighted by atomic mass is 9.96. The summed E-state index contributed by atoms with van der Waals surface area (Å²) in [6.07, 6.45) is 4.26. The second-order valence-corrected chi connectivity index (χ2v) is 6.20. The molecule has 3 N–H and O–H groups in total. The maximum atomic E-state index is 11.7. The van der Waals surface area contributed by atoms with Crippen molar-refractivity contribution < 1.29 is 9.59 Å². The standard InChI is InChI=1S/C15H27N3O2/c1-15(2,3)14(20)17-8-4-5-13(19)18-11-12-6-9-16-10-7-12/h6,16H,4-5,7-11H2,1-3H3,(H,17,20)(H,18,19). The predicted octanol–water partition coefficient (Wildman–Crippen LogP) is 0.965. The van der Waals surface area contributed by atoms with Gasteiger partial charge in [-0.3, -0.25) is 9.59 Å². The molecule has 1 aliphatic rings. The number of nitrogens with one attached hydrogen (secondary N) is 3. The first-order valence-corrected chi connectivity index (χ1v) is 7.33. The molecule has 0 fully saturated rings. The van der Waals surface area contributed by atoms with Crippen LogP contribution >= 0.6 is 0 Å². The molecule has 0 bridgehead atoms. The summed E-state index contributed by atoms with van der Waals surface area (Å²) in [7, 11) is 0. The third kappa shape index (κ3) is 6.70. The Balaban J connectivity index is 2.08. The SMILES string of the molecule is CC(C)(C)C(=O)NCCCC(=O)NCC1=CCNCC1. The van der Waals surface area contributed by atoms with Gasteiger partial charge in [-0.05, 0) is 19.4 Å². The third-order valence-corrected chi connectivity index (χ3v) is 3.22. The topological polar surface area (TPSA) is 70.2 Å². The van der Waals surface area contributed by atoms with Gasteiger partial charge in [0.05, 0.1) is 0 Å².